The van der Waals surface area contributed by atoms with E-state index in [1.165, 1.54) is 4.31 Å². The Kier molecular flexibility index (Phi) is 5.84. The SMILES string of the molecule is COc1ccc(C)cc1CN(C)C(=O)C1CCN(S(N)(=O)=O)CC1. The van der Waals surface area contributed by atoms with Gasteiger partial charge in [-0.05, 0) is 25.8 Å². The van der Waals surface area contributed by atoms with Crippen LogP contribution in [-0.4, -0.2) is 50.8 Å². The van der Waals surface area contributed by atoms with Gasteiger partial charge in [-0.3, -0.25) is 4.79 Å². The van der Waals surface area contributed by atoms with Crippen LogP contribution in [0.25, 0.3) is 0 Å². The first-order chi connectivity index (χ1) is 11.2. The highest BCUT2D eigenvalue weighted by Gasteiger charge is 2.30. The molecule has 24 heavy (non-hydrogen) atoms. The van der Waals surface area contributed by atoms with E-state index in [1.807, 2.05) is 25.1 Å². The van der Waals surface area contributed by atoms with Crippen LogP contribution < -0.4 is 9.88 Å². The van der Waals surface area contributed by atoms with Crippen molar-refractivity contribution in [3.8, 4) is 5.75 Å². The molecule has 0 aromatic heterocycles. The molecule has 0 atom stereocenters. The first-order valence-corrected chi connectivity index (χ1v) is 9.39. The average molecular weight is 355 g/mol. The van der Waals surface area contributed by atoms with Crippen LogP contribution in [0.4, 0.5) is 0 Å². The second-order valence-corrected chi connectivity index (χ2v) is 7.77. The predicted molar refractivity (Wildman–Crippen MR) is 91.6 cm³/mol. The van der Waals surface area contributed by atoms with Gasteiger partial charge in [-0.15, -0.1) is 0 Å². The zero-order valence-corrected chi connectivity index (χ0v) is 15.2. The van der Waals surface area contributed by atoms with E-state index >= 15 is 0 Å². The summed E-state index contributed by atoms with van der Waals surface area (Å²) >= 11 is 0. The van der Waals surface area contributed by atoms with E-state index in [1.54, 1.807) is 19.1 Å². The summed E-state index contributed by atoms with van der Waals surface area (Å²) in [6.07, 6.45) is 0.981. The molecule has 8 heteroatoms. The minimum atomic E-state index is -3.67. The van der Waals surface area contributed by atoms with Gasteiger partial charge in [0.2, 0.25) is 5.91 Å². The van der Waals surface area contributed by atoms with Gasteiger partial charge in [0.1, 0.15) is 5.75 Å². The predicted octanol–water partition coefficient (Wildman–Crippen LogP) is 0.878. The number of amides is 1. The molecule has 0 bridgehead atoms. The number of hydrogen-bond acceptors (Lipinski definition) is 4. The van der Waals surface area contributed by atoms with Crippen LogP contribution in [0, 0.1) is 12.8 Å². The van der Waals surface area contributed by atoms with E-state index < -0.39 is 10.2 Å². The number of piperidine rings is 1. The van der Waals surface area contributed by atoms with Crippen molar-refractivity contribution in [3.05, 3.63) is 29.3 Å². The molecule has 0 aliphatic carbocycles. The Bertz CT molecular complexity index is 697. The first kappa shape index (κ1) is 18.7. The van der Waals surface area contributed by atoms with Gasteiger partial charge in [0.15, 0.2) is 0 Å². The zero-order valence-electron chi connectivity index (χ0n) is 14.4. The number of carbonyl (C=O) groups is 1. The molecule has 2 N–H and O–H groups in total. The van der Waals surface area contributed by atoms with Crippen molar-refractivity contribution in [1.29, 1.82) is 0 Å². The minimum Gasteiger partial charge on any atom is -0.496 e. The number of hydrogen-bond donors (Lipinski definition) is 1. The summed E-state index contributed by atoms with van der Waals surface area (Å²) in [5.74, 6) is 0.598. The van der Waals surface area contributed by atoms with Crippen molar-refractivity contribution in [2.45, 2.75) is 26.3 Å². The van der Waals surface area contributed by atoms with Crippen molar-refractivity contribution in [3.63, 3.8) is 0 Å². The van der Waals surface area contributed by atoms with Crippen molar-refractivity contribution in [1.82, 2.24) is 9.21 Å². The van der Waals surface area contributed by atoms with E-state index in [0.29, 0.717) is 19.4 Å². The fourth-order valence-corrected chi connectivity index (χ4v) is 3.75. The summed E-state index contributed by atoms with van der Waals surface area (Å²) < 4.78 is 29.2. The first-order valence-electron chi connectivity index (χ1n) is 7.88. The lowest BCUT2D eigenvalue weighted by atomic mass is 9.96. The van der Waals surface area contributed by atoms with Crippen LogP contribution in [-0.2, 0) is 21.5 Å². The normalized spacial score (nSPS) is 16.8. The molecule has 1 saturated heterocycles. The molecule has 0 unspecified atom stereocenters. The number of nitrogens with zero attached hydrogens (tertiary/aromatic N) is 2. The van der Waals surface area contributed by atoms with Crippen molar-refractivity contribution < 1.29 is 17.9 Å². The molecule has 1 fully saturated rings. The summed E-state index contributed by atoms with van der Waals surface area (Å²) in [7, 11) is -0.296. The summed E-state index contributed by atoms with van der Waals surface area (Å²) in [6.45, 7) is 3.03. The third-order valence-electron chi connectivity index (χ3n) is 4.38. The second kappa shape index (κ2) is 7.50. The van der Waals surface area contributed by atoms with Gasteiger partial charge in [-0.2, -0.15) is 12.7 Å². The number of benzene rings is 1. The van der Waals surface area contributed by atoms with Crippen LogP contribution in [0.5, 0.6) is 5.75 Å². The maximum atomic E-state index is 12.6. The van der Waals surface area contributed by atoms with Crippen molar-refractivity contribution >= 4 is 16.1 Å². The molecule has 1 aliphatic heterocycles. The van der Waals surface area contributed by atoms with E-state index in [2.05, 4.69) is 0 Å². The van der Waals surface area contributed by atoms with Gasteiger partial charge >= 0.3 is 0 Å². The third kappa shape index (κ3) is 4.46. The van der Waals surface area contributed by atoms with E-state index in [9.17, 15) is 13.2 Å². The molecule has 0 saturated carbocycles. The van der Waals surface area contributed by atoms with Gasteiger partial charge in [0.25, 0.3) is 10.2 Å². The van der Waals surface area contributed by atoms with E-state index in [0.717, 1.165) is 16.9 Å². The Hall–Kier alpha value is -1.64. The molecule has 1 amide bonds. The number of aryl methyl sites for hydroxylation is 1. The molecular weight excluding hydrogens is 330 g/mol. The largest absolute Gasteiger partial charge is 0.496 e. The Morgan fingerprint density at radius 1 is 1.38 bits per heavy atom. The van der Waals surface area contributed by atoms with Gasteiger partial charge in [-0.25, -0.2) is 5.14 Å². The lowest BCUT2D eigenvalue weighted by molar-refractivity contribution is -0.135. The average Bonchev–Trinajstić information content (AvgIpc) is 2.53. The van der Waals surface area contributed by atoms with Gasteiger partial charge in [0.05, 0.1) is 7.11 Å². The van der Waals surface area contributed by atoms with Gasteiger partial charge < -0.3 is 9.64 Å². The smallest absolute Gasteiger partial charge is 0.276 e. The Morgan fingerprint density at radius 2 is 2.00 bits per heavy atom. The highest BCUT2D eigenvalue weighted by Crippen LogP contribution is 2.24. The number of ether oxygens (including phenoxy) is 1. The molecule has 1 heterocycles. The monoisotopic (exact) mass is 355 g/mol. The second-order valence-electron chi connectivity index (χ2n) is 6.23. The number of carbonyl (C=O) groups excluding carboxylic acids is 1. The number of rotatable bonds is 5. The molecule has 1 aliphatic rings. The zero-order chi connectivity index (χ0) is 17.9. The molecule has 134 valence electrons. The van der Waals surface area contributed by atoms with Crippen LogP contribution >= 0.6 is 0 Å². The van der Waals surface area contributed by atoms with Crippen LogP contribution in [0.1, 0.15) is 24.0 Å². The standard InChI is InChI=1S/C16H25N3O4S/c1-12-4-5-15(23-3)14(10-12)11-18(2)16(20)13-6-8-19(9-7-13)24(17,21)22/h4-5,10,13H,6-9,11H2,1-3H3,(H2,17,21,22). The van der Waals surface area contributed by atoms with Gasteiger partial charge in [-0.1, -0.05) is 17.7 Å². The summed E-state index contributed by atoms with van der Waals surface area (Å²) in [6, 6.07) is 5.87. The molecule has 0 spiro atoms. The van der Waals surface area contributed by atoms with Crippen LogP contribution in [0.3, 0.4) is 0 Å². The van der Waals surface area contributed by atoms with Crippen LogP contribution in [0.2, 0.25) is 0 Å². The maximum Gasteiger partial charge on any atom is 0.276 e. The number of nitrogens with two attached hydrogens (primary N) is 1. The quantitative estimate of drug-likeness (QED) is 0.848. The third-order valence-corrected chi connectivity index (χ3v) is 5.47. The summed E-state index contributed by atoms with van der Waals surface area (Å²) in [5.41, 5.74) is 2.06. The topological polar surface area (TPSA) is 92.9 Å². The summed E-state index contributed by atoms with van der Waals surface area (Å²) in [5, 5.41) is 5.13. The van der Waals surface area contributed by atoms with Gasteiger partial charge in [0, 0.05) is 38.2 Å². The van der Waals surface area contributed by atoms with E-state index in [-0.39, 0.29) is 24.9 Å². The van der Waals surface area contributed by atoms with E-state index in [4.69, 9.17) is 9.88 Å². The number of methoxy groups -OCH3 is 1. The molecule has 7 nitrogen and oxygen atoms in total. The fourth-order valence-electron chi connectivity index (χ4n) is 3.03. The molecule has 1 aromatic rings. The molecule has 0 radical (unpaired) electrons. The maximum absolute atomic E-state index is 12.6. The Morgan fingerprint density at radius 3 is 2.54 bits per heavy atom. The molecule has 1 aromatic carbocycles. The lowest BCUT2D eigenvalue weighted by Gasteiger charge is -2.31. The fraction of sp³-hybridized carbons (Fsp3) is 0.562. The highest BCUT2D eigenvalue weighted by atomic mass is 32.2. The molecular formula is C16H25N3O4S. The van der Waals surface area contributed by atoms with Crippen molar-refractivity contribution in [2.75, 3.05) is 27.2 Å². The van der Waals surface area contributed by atoms with Crippen LogP contribution in [0.15, 0.2) is 18.2 Å². The Labute approximate surface area is 143 Å². The highest BCUT2D eigenvalue weighted by molar-refractivity contribution is 7.86. The Balaban J connectivity index is 2.00. The van der Waals surface area contributed by atoms with Crippen molar-refractivity contribution in [2.24, 2.45) is 11.1 Å². The lowest BCUT2D eigenvalue weighted by Crippen LogP contribution is -2.45. The summed E-state index contributed by atoms with van der Waals surface area (Å²) in [4.78, 5) is 14.3. The molecule has 2 rings (SSSR count). The minimum absolute atomic E-state index is 0.0210.